The van der Waals surface area contributed by atoms with Gasteiger partial charge in [-0.2, -0.15) is 0 Å². The summed E-state index contributed by atoms with van der Waals surface area (Å²) in [5.74, 6) is 0.872. The Kier molecular flexibility index (Phi) is 5.99. The van der Waals surface area contributed by atoms with E-state index in [0.717, 1.165) is 18.5 Å². The molecule has 0 aliphatic rings. The molecule has 0 aromatic heterocycles. The number of rotatable bonds is 6. The number of nitrogens with zero attached hydrogens (tertiary/aromatic N) is 1. The first-order valence-corrected chi connectivity index (χ1v) is 7.11. The molecule has 3 nitrogen and oxygen atoms in total. The Morgan fingerprint density at radius 1 is 1.40 bits per heavy atom. The van der Waals surface area contributed by atoms with Crippen molar-refractivity contribution in [1.29, 1.82) is 0 Å². The van der Waals surface area contributed by atoms with E-state index in [4.69, 9.17) is 5.73 Å². The molecule has 0 heterocycles. The van der Waals surface area contributed by atoms with Gasteiger partial charge in [0, 0.05) is 12.0 Å². The summed E-state index contributed by atoms with van der Waals surface area (Å²) in [6.07, 6.45) is 1.06. The number of hydrogen-bond donors (Lipinski definition) is 2. The number of aliphatic imine (C=N–C) groups is 1. The number of nitrogens with two attached hydrogens (primary N) is 1. The van der Waals surface area contributed by atoms with E-state index in [1.165, 1.54) is 6.07 Å². The second kappa shape index (κ2) is 7.27. The Balaban J connectivity index is 2.57. The van der Waals surface area contributed by atoms with Crippen molar-refractivity contribution in [1.82, 2.24) is 5.32 Å². The van der Waals surface area contributed by atoms with Crippen molar-refractivity contribution in [2.45, 2.75) is 39.5 Å². The molecular formula is C16H26FN3. The standard InChI is InChI=1S/C16H26FN3/c1-12(2)8-9-19-15(18)20-11-16(3,4)13-6-5-7-14(17)10-13/h5-7,10,12H,8-9,11H2,1-4H3,(H3,18,19,20). The summed E-state index contributed by atoms with van der Waals surface area (Å²) in [6, 6.07) is 6.64. The predicted octanol–water partition coefficient (Wildman–Crippen LogP) is 3.05. The molecule has 0 amide bonds. The Hall–Kier alpha value is -1.58. The van der Waals surface area contributed by atoms with E-state index in [0.29, 0.717) is 18.4 Å². The second-order valence-corrected chi connectivity index (χ2v) is 6.20. The minimum absolute atomic E-state index is 0.220. The summed E-state index contributed by atoms with van der Waals surface area (Å²) in [5, 5.41) is 3.10. The SMILES string of the molecule is CC(C)CCNC(N)=NCC(C)(C)c1cccc(F)c1. The van der Waals surface area contributed by atoms with Crippen molar-refractivity contribution in [2.24, 2.45) is 16.6 Å². The molecular weight excluding hydrogens is 253 g/mol. The third-order valence-corrected chi connectivity index (χ3v) is 3.28. The van der Waals surface area contributed by atoms with Crippen molar-refractivity contribution >= 4 is 5.96 Å². The fourth-order valence-electron chi connectivity index (χ4n) is 1.83. The fraction of sp³-hybridized carbons (Fsp3) is 0.562. The van der Waals surface area contributed by atoms with Crippen molar-refractivity contribution in [2.75, 3.05) is 13.1 Å². The summed E-state index contributed by atoms with van der Waals surface area (Å²) in [7, 11) is 0. The van der Waals surface area contributed by atoms with Gasteiger partial charge in [0.15, 0.2) is 5.96 Å². The highest BCUT2D eigenvalue weighted by molar-refractivity contribution is 5.77. The van der Waals surface area contributed by atoms with Crippen molar-refractivity contribution in [3.63, 3.8) is 0 Å². The van der Waals surface area contributed by atoms with E-state index in [1.54, 1.807) is 12.1 Å². The van der Waals surface area contributed by atoms with E-state index < -0.39 is 0 Å². The van der Waals surface area contributed by atoms with Gasteiger partial charge in [-0.15, -0.1) is 0 Å². The number of guanidine groups is 1. The monoisotopic (exact) mass is 279 g/mol. The van der Waals surface area contributed by atoms with E-state index in [1.807, 2.05) is 19.9 Å². The average Bonchev–Trinajstić information content (AvgIpc) is 2.36. The first kappa shape index (κ1) is 16.5. The Labute approximate surface area is 121 Å². The number of benzene rings is 1. The van der Waals surface area contributed by atoms with Crippen LogP contribution in [0.5, 0.6) is 0 Å². The molecule has 0 spiro atoms. The molecule has 0 saturated heterocycles. The summed E-state index contributed by atoms with van der Waals surface area (Å²) in [6.45, 7) is 9.76. The molecule has 112 valence electrons. The number of nitrogens with one attached hydrogen (secondary N) is 1. The van der Waals surface area contributed by atoms with Gasteiger partial charge < -0.3 is 11.1 Å². The van der Waals surface area contributed by atoms with Crippen LogP contribution in [0.15, 0.2) is 29.3 Å². The third kappa shape index (κ3) is 5.59. The second-order valence-electron chi connectivity index (χ2n) is 6.20. The third-order valence-electron chi connectivity index (χ3n) is 3.28. The quantitative estimate of drug-likeness (QED) is 0.621. The lowest BCUT2D eigenvalue weighted by Gasteiger charge is -2.23. The molecule has 3 N–H and O–H groups in total. The summed E-state index contributed by atoms with van der Waals surface area (Å²) >= 11 is 0. The van der Waals surface area contributed by atoms with E-state index in [2.05, 4.69) is 24.2 Å². The zero-order valence-electron chi connectivity index (χ0n) is 12.9. The minimum Gasteiger partial charge on any atom is -0.370 e. The van der Waals surface area contributed by atoms with Crippen LogP contribution in [0.25, 0.3) is 0 Å². The highest BCUT2D eigenvalue weighted by Crippen LogP contribution is 2.23. The van der Waals surface area contributed by atoms with Crippen LogP contribution in [0.3, 0.4) is 0 Å². The molecule has 0 saturated carbocycles. The summed E-state index contributed by atoms with van der Waals surface area (Å²) in [5.41, 5.74) is 6.52. The van der Waals surface area contributed by atoms with E-state index in [9.17, 15) is 4.39 Å². The fourth-order valence-corrected chi connectivity index (χ4v) is 1.83. The normalized spacial score (nSPS) is 12.8. The van der Waals surface area contributed by atoms with E-state index in [-0.39, 0.29) is 11.2 Å². The van der Waals surface area contributed by atoms with Crippen LogP contribution in [0.1, 0.15) is 39.7 Å². The van der Waals surface area contributed by atoms with Crippen molar-refractivity contribution in [3.05, 3.63) is 35.6 Å². The highest BCUT2D eigenvalue weighted by atomic mass is 19.1. The van der Waals surface area contributed by atoms with Gasteiger partial charge in [0.2, 0.25) is 0 Å². The van der Waals surface area contributed by atoms with Crippen LogP contribution in [-0.4, -0.2) is 19.0 Å². The lowest BCUT2D eigenvalue weighted by atomic mass is 9.85. The molecule has 4 heteroatoms. The number of hydrogen-bond acceptors (Lipinski definition) is 1. The maximum atomic E-state index is 13.3. The van der Waals surface area contributed by atoms with Crippen molar-refractivity contribution in [3.8, 4) is 0 Å². The molecule has 1 aromatic rings. The summed E-state index contributed by atoms with van der Waals surface area (Å²) in [4.78, 5) is 4.36. The minimum atomic E-state index is -0.244. The Morgan fingerprint density at radius 3 is 2.70 bits per heavy atom. The van der Waals surface area contributed by atoms with Crippen LogP contribution < -0.4 is 11.1 Å². The molecule has 0 unspecified atom stereocenters. The van der Waals surface area contributed by atoms with Gasteiger partial charge in [-0.25, -0.2) is 4.39 Å². The van der Waals surface area contributed by atoms with Crippen LogP contribution in [0, 0.1) is 11.7 Å². The first-order chi connectivity index (χ1) is 9.31. The van der Waals surface area contributed by atoms with Crippen LogP contribution in [0.2, 0.25) is 0 Å². The molecule has 0 radical (unpaired) electrons. The molecule has 0 fully saturated rings. The van der Waals surface area contributed by atoms with Crippen LogP contribution >= 0.6 is 0 Å². The largest absolute Gasteiger partial charge is 0.370 e. The maximum Gasteiger partial charge on any atom is 0.188 e. The van der Waals surface area contributed by atoms with Gasteiger partial charge in [0.25, 0.3) is 0 Å². The van der Waals surface area contributed by atoms with Crippen molar-refractivity contribution < 1.29 is 4.39 Å². The maximum absolute atomic E-state index is 13.3. The Morgan fingerprint density at radius 2 is 2.10 bits per heavy atom. The lowest BCUT2D eigenvalue weighted by molar-refractivity contribution is 0.529. The molecule has 20 heavy (non-hydrogen) atoms. The number of halogens is 1. The van der Waals surface area contributed by atoms with Gasteiger partial charge in [0.1, 0.15) is 5.82 Å². The van der Waals surface area contributed by atoms with Crippen LogP contribution in [-0.2, 0) is 5.41 Å². The van der Waals surface area contributed by atoms with E-state index >= 15 is 0 Å². The smallest absolute Gasteiger partial charge is 0.188 e. The van der Waals surface area contributed by atoms with Gasteiger partial charge >= 0.3 is 0 Å². The average molecular weight is 279 g/mol. The molecule has 0 aliphatic heterocycles. The molecule has 0 atom stereocenters. The topological polar surface area (TPSA) is 50.4 Å². The predicted molar refractivity (Wildman–Crippen MR) is 83.4 cm³/mol. The highest BCUT2D eigenvalue weighted by Gasteiger charge is 2.20. The van der Waals surface area contributed by atoms with Gasteiger partial charge in [0.05, 0.1) is 6.54 Å². The molecule has 0 bridgehead atoms. The zero-order chi connectivity index (χ0) is 15.2. The first-order valence-electron chi connectivity index (χ1n) is 7.11. The molecule has 1 aromatic carbocycles. The van der Waals surface area contributed by atoms with Gasteiger partial charge in [-0.05, 0) is 30.0 Å². The molecule has 1 rings (SSSR count). The molecule has 0 aliphatic carbocycles. The van der Waals surface area contributed by atoms with Crippen LogP contribution in [0.4, 0.5) is 4.39 Å². The zero-order valence-corrected chi connectivity index (χ0v) is 12.9. The van der Waals surface area contributed by atoms with Gasteiger partial charge in [-0.1, -0.05) is 39.8 Å². The summed E-state index contributed by atoms with van der Waals surface area (Å²) < 4.78 is 13.3. The Bertz CT molecular complexity index is 453. The lowest BCUT2D eigenvalue weighted by Crippen LogP contribution is -2.34. The van der Waals surface area contributed by atoms with Gasteiger partial charge in [-0.3, -0.25) is 4.99 Å².